The first-order valence-electron chi connectivity index (χ1n) is 8.45. The number of carbonyl (C=O) groups is 1. The normalized spacial score (nSPS) is 24.5. The first-order chi connectivity index (χ1) is 11.7. The third kappa shape index (κ3) is 3.00. The third-order valence-corrected chi connectivity index (χ3v) is 5.11. The van der Waals surface area contributed by atoms with E-state index in [0.29, 0.717) is 22.9 Å². The Bertz CT molecular complexity index is 788. The number of hydrogen-bond donors (Lipinski definition) is 4. The van der Waals surface area contributed by atoms with Crippen molar-refractivity contribution in [2.75, 3.05) is 30.3 Å². The number of halogens is 1. The van der Waals surface area contributed by atoms with E-state index in [2.05, 4.69) is 29.4 Å². The van der Waals surface area contributed by atoms with Crippen molar-refractivity contribution in [1.29, 1.82) is 5.41 Å². The number of fused-ring (bicyclic) bond motifs is 1. The molecule has 0 saturated carbocycles. The topological polar surface area (TPSA) is 94.2 Å². The van der Waals surface area contributed by atoms with Gasteiger partial charge in [0.1, 0.15) is 11.6 Å². The molecule has 0 aromatic heterocycles. The van der Waals surface area contributed by atoms with Gasteiger partial charge in [0.25, 0.3) is 5.91 Å². The van der Waals surface area contributed by atoms with Crippen LogP contribution >= 0.6 is 0 Å². The van der Waals surface area contributed by atoms with Gasteiger partial charge in [-0.25, -0.2) is 4.39 Å². The Balaban J connectivity index is 2.06. The number of likely N-dealkylation sites (tertiary alicyclic amines) is 1. The highest BCUT2D eigenvalue weighted by Gasteiger charge is 2.40. The van der Waals surface area contributed by atoms with Gasteiger partial charge in [-0.1, -0.05) is 13.8 Å². The van der Waals surface area contributed by atoms with E-state index in [-0.39, 0.29) is 11.0 Å². The summed E-state index contributed by atoms with van der Waals surface area (Å²) in [6, 6.07) is 2.46. The maximum Gasteiger partial charge on any atom is 0.250 e. The molecule has 134 valence electrons. The standard InChI is InChI=1S/C18H24FN5O/c1-4-24-6-5-18(3,9-24)14(10(2)20)17-22-13-8-11(19)7-12(16(21)25)15(13)23-17/h7-8,20,22-23H,4-6,9H2,1-3H3,(H2,21,25)/b17-14+,20-10?. The minimum Gasteiger partial charge on any atom is -0.366 e. The zero-order valence-electron chi connectivity index (χ0n) is 14.8. The number of nitrogens with one attached hydrogen (secondary N) is 3. The molecule has 0 radical (unpaired) electrons. The van der Waals surface area contributed by atoms with Crippen molar-refractivity contribution in [1.82, 2.24) is 4.90 Å². The van der Waals surface area contributed by atoms with Crippen molar-refractivity contribution in [3.05, 3.63) is 34.9 Å². The van der Waals surface area contributed by atoms with E-state index in [9.17, 15) is 9.18 Å². The number of anilines is 2. The average Bonchev–Trinajstić information content (AvgIpc) is 3.09. The van der Waals surface area contributed by atoms with Crippen LogP contribution in [0.5, 0.6) is 0 Å². The lowest BCUT2D eigenvalue weighted by Crippen LogP contribution is -2.31. The molecule has 1 aromatic carbocycles. The molecule has 1 fully saturated rings. The fourth-order valence-corrected chi connectivity index (χ4v) is 3.92. The Kier molecular flexibility index (Phi) is 4.28. The van der Waals surface area contributed by atoms with Gasteiger partial charge in [-0.15, -0.1) is 0 Å². The number of carbonyl (C=O) groups excluding carboxylic acids is 1. The van der Waals surface area contributed by atoms with Crippen LogP contribution in [0, 0.1) is 16.6 Å². The first-order valence-corrected chi connectivity index (χ1v) is 8.45. The monoisotopic (exact) mass is 345 g/mol. The number of nitrogens with two attached hydrogens (primary N) is 1. The molecule has 1 amide bonds. The maximum absolute atomic E-state index is 13.8. The lowest BCUT2D eigenvalue weighted by Gasteiger charge is -2.29. The predicted octanol–water partition coefficient (Wildman–Crippen LogP) is 2.75. The number of amides is 1. The molecular formula is C18H24FN5O. The molecule has 2 aliphatic rings. The van der Waals surface area contributed by atoms with Gasteiger partial charge < -0.3 is 26.7 Å². The molecule has 0 bridgehead atoms. The van der Waals surface area contributed by atoms with Crippen LogP contribution < -0.4 is 16.4 Å². The molecular weight excluding hydrogens is 321 g/mol. The molecule has 7 heteroatoms. The van der Waals surface area contributed by atoms with E-state index in [1.54, 1.807) is 6.92 Å². The minimum absolute atomic E-state index is 0.103. The highest BCUT2D eigenvalue weighted by atomic mass is 19.1. The molecule has 2 aliphatic heterocycles. The summed E-state index contributed by atoms with van der Waals surface area (Å²) in [5, 5.41) is 14.6. The van der Waals surface area contributed by atoms with Gasteiger partial charge in [0.05, 0.1) is 16.9 Å². The van der Waals surface area contributed by atoms with Crippen molar-refractivity contribution in [3.8, 4) is 0 Å². The van der Waals surface area contributed by atoms with Crippen LogP contribution in [-0.4, -0.2) is 36.2 Å². The van der Waals surface area contributed by atoms with Crippen molar-refractivity contribution in [2.24, 2.45) is 11.1 Å². The second-order valence-corrected chi connectivity index (χ2v) is 7.04. The largest absolute Gasteiger partial charge is 0.366 e. The summed E-state index contributed by atoms with van der Waals surface area (Å²) in [6.45, 7) is 8.82. The summed E-state index contributed by atoms with van der Waals surface area (Å²) >= 11 is 0. The van der Waals surface area contributed by atoms with Crippen molar-refractivity contribution in [3.63, 3.8) is 0 Å². The lowest BCUT2D eigenvalue weighted by molar-refractivity contribution is 0.100. The Morgan fingerprint density at radius 2 is 2.16 bits per heavy atom. The summed E-state index contributed by atoms with van der Waals surface area (Å²) in [4.78, 5) is 14.0. The molecule has 5 N–H and O–H groups in total. The zero-order valence-corrected chi connectivity index (χ0v) is 14.8. The summed E-state index contributed by atoms with van der Waals surface area (Å²) in [7, 11) is 0. The second kappa shape index (κ2) is 6.15. The van der Waals surface area contributed by atoms with Crippen molar-refractivity contribution in [2.45, 2.75) is 27.2 Å². The molecule has 0 spiro atoms. The van der Waals surface area contributed by atoms with E-state index < -0.39 is 11.7 Å². The van der Waals surface area contributed by atoms with Crippen LogP contribution in [0.1, 0.15) is 37.6 Å². The lowest BCUT2D eigenvalue weighted by atomic mass is 9.79. The molecule has 0 aliphatic carbocycles. The van der Waals surface area contributed by atoms with Gasteiger partial charge in [-0.3, -0.25) is 4.79 Å². The molecule has 1 aromatic rings. The van der Waals surface area contributed by atoms with Crippen LogP contribution in [0.15, 0.2) is 23.5 Å². The van der Waals surface area contributed by atoms with Gasteiger partial charge in [0.2, 0.25) is 0 Å². The van der Waals surface area contributed by atoms with Crippen LogP contribution in [0.3, 0.4) is 0 Å². The highest BCUT2D eigenvalue weighted by Crippen LogP contribution is 2.43. The molecule has 6 nitrogen and oxygen atoms in total. The van der Waals surface area contributed by atoms with Crippen LogP contribution in [0.25, 0.3) is 0 Å². The molecule has 1 saturated heterocycles. The Morgan fingerprint density at radius 1 is 1.44 bits per heavy atom. The molecule has 3 rings (SSSR count). The predicted molar refractivity (Wildman–Crippen MR) is 97.4 cm³/mol. The summed E-state index contributed by atoms with van der Waals surface area (Å²) in [6.07, 6.45) is 0.937. The summed E-state index contributed by atoms with van der Waals surface area (Å²) in [5.74, 6) is -0.583. The molecule has 25 heavy (non-hydrogen) atoms. The van der Waals surface area contributed by atoms with Crippen LogP contribution in [0.2, 0.25) is 0 Å². The Morgan fingerprint density at radius 3 is 2.72 bits per heavy atom. The van der Waals surface area contributed by atoms with Gasteiger partial charge >= 0.3 is 0 Å². The fraction of sp³-hybridized carbons (Fsp3) is 0.444. The molecule has 1 unspecified atom stereocenters. The van der Waals surface area contributed by atoms with Crippen LogP contribution in [-0.2, 0) is 0 Å². The molecule has 1 atom stereocenters. The number of nitrogens with zero attached hydrogens (tertiary/aromatic N) is 1. The third-order valence-electron chi connectivity index (χ3n) is 5.11. The molecule has 2 heterocycles. The van der Waals surface area contributed by atoms with Crippen molar-refractivity contribution >= 4 is 23.0 Å². The Hall–Kier alpha value is -2.41. The fourth-order valence-electron chi connectivity index (χ4n) is 3.92. The second-order valence-electron chi connectivity index (χ2n) is 7.04. The summed E-state index contributed by atoms with van der Waals surface area (Å²) in [5.41, 5.74) is 7.54. The number of primary amides is 1. The highest BCUT2D eigenvalue weighted by molar-refractivity contribution is 6.05. The van der Waals surface area contributed by atoms with E-state index in [1.807, 2.05) is 0 Å². The van der Waals surface area contributed by atoms with Crippen molar-refractivity contribution < 1.29 is 9.18 Å². The van der Waals surface area contributed by atoms with Gasteiger partial charge in [0.15, 0.2) is 0 Å². The summed E-state index contributed by atoms with van der Waals surface area (Å²) < 4.78 is 13.8. The minimum atomic E-state index is -0.691. The number of benzene rings is 1. The Labute approximate surface area is 146 Å². The van der Waals surface area contributed by atoms with E-state index in [4.69, 9.17) is 11.1 Å². The number of hydrogen-bond acceptors (Lipinski definition) is 5. The van der Waals surface area contributed by atoms with E-state index >= 15 is 0 Å². The SMILES string of the molecule is CCN1CCC(C)(/C(C(C)=N)=C2\Nc3cc(F)cc(C(N)=O)c3N2)C1. The first kappa shape index (κ1) is 17.4. The van der Waals surface area contributed by atoms with E-state index in [1.165, 1.54) is 6.07 Å². The van der Waals surface area contributed by atoms with Gasteiger partial charge in [0, 0.05) is 23.2 Å². The zero-order chi connectivity index (χ0) is 18.4. The van der Waals surface area contributed by atoms with E-state index in [0.717, 1.165) is 37.7 Å². The maximum atomic E-state index is 13.8. The smallest absolute Gasteiger partial charge is 0.250 e. The van der Waals surface area contributed by atoms with Gasteiger partial charge in [-0.05, 0) is 38.6 Å². The number of rotatable bonds is 4. The van der Waals surface area contributed by atoms with Crippen LogP contribution in [0.4, 0.5) is 15.8 Å². The van der Waals surface area contributed by atoms with Gasteiger partial charge in [-0.2, -0.15) is 0 Å². The average molecular weight is 345 g/mol. The quantitative estimate of drug-likeness (QED) is 0.631.